The van der Waals surface area contributed by atoms with Gasteiger partial charge in [-0.15, -0.1) is 0 Å². The highest BCUT2D eigenvalue weighted by Crippen LogP contribution is 2.29. The largest absolute Gasteiger partial charge is 0.481 e. The molecule has 5 nitrogen and oxygen atoms in total. The highest BCUT2D eigenvalue weighted by Gasteiger charge is 2.22. The number of piperidine rings is 1. The van der Waals surface area contributed by atoms with Crippen LogP contribution in [0.15, 0.2) is 12.3 Å². The Labute approximate surface area is 131 Å². The molecule has 1 aliphatic rings. The Hall–Kier alpha value is -1.59. The number of methoxy groups -OCH3 is 1. The molecule has 0 spiro atoms. The summed E-state index contributed by atoms with van der Waals surface area (Å²) in [6.45, 7) is 7.89. The SMILES string of the molecule is CCOC1CCN(Cc2c(OC)nc(C)c3[nH]ccc23)CC1. The van der Waals surface area contributed by atoms with Gasteiger partial charge in [-0.1, -0.05) is 0 Å². The van der Waals surface area contributed by atoms with Crippen molar-refractivity contribution in [1.82, 2.24) is 14.9 Å². The van der Waals surface area contributed by atoms with Crippen molar-refractivity contribution in [2.24, 2.45) is 0 Å². The van der Waals surface area contributed by atoms with Crippen LogP contribution in [0.2, 0.25) is 0 Å². The second-order valence-corrected chi connectivity index (χ2v) is 5.88. The van der Waals surface area contributed by atoms with Crippen molar-refractivity contribution in [2.75, 3.05) is 26.8 Å². The van der Waals surface area contributed by atoms with Crippen molar-refractivity contribution in [2.45, 2.75) is 39.3 Å². The first kappa shape index (κ1) is 15.3. The summed E-state index contributed by atoms with van der Waals surface area (Å²) in [5, 5.41) is 1.22. The zero-order valence-electron chi connectivity index (χ0n) is 13.7. The molecule has 1 fully saturated rings. The Bertz CT molecular complexity index is 630. The van der Waals surface area contributed by atoms with Crippen LogP contribution in [0.25, 0.3) is 10.9 Å². The van der Waals surface area contributed by atoms with E-state index in [1.165, 1.54) is 10.9 Å². The number of aryl methyl sites for hydroxylation is 1. The van der Waals surface area contributed by atoms with Gasteiger partial charge in [-0.3, -0.25) is 4.90 Å². The molecule has 0 unspecified atom stereocenters. The molecule has 5 heteroatoms. The molecule has 0 aliphatic carbocycles. The molecule has 0 bridgehead atoms. The molecule has 3 heterocycles. The zero-order chi connectivity index (χ0) is 15.5. The monoisotopic (exact) mass is 303 g/mol. The molecule has 0 aromatic carbocycles. The first-order valence-corrected chi connectivity index (χ1v) is 8.07. The Morgan fingerprint density at radius 3 is 2.82 bits per heavy atom. The number of likely N-dealkylation sites (tertiary alicyclic amines) is 1. The third-order valence-electron chi connectivity index (χ3n) is 4.47. The number of nitrogens with zero attached hydrogens (tertiary/aromatic N) is 2. The van der Waals surface area contributed by atoms with E-state index >= 15 is 0 Å². The first-order chi connectivity index (χ1) is 10.7. The lowest BCUT2D eigenvalue weighted by atomic mass is 10.1. The van der Waals surface area contributed by atoms with E-state index in [-0.39, 0.29) is 0 Å². The van der Waals surface area contributed by atoms with E-state index in [1.807, 2.05) is 13.1 Å². The number of pyridine rings is 1. The molecule has 1 aliphatic heterocycles. The molecular weight excluding hydrogens is 278 g/mol. The second-order valence-electron chi connectivity index (χ2n) is 5.88. The summed E-state index contributed by atoms with van der Waals surface area (Å²) >= 11 is 0. The van der Waals surface area contributed by atoms with Crippen molar-refractivity contribution in [3.63, 3.8) is 0 Å². The smallest absolute Gasteiger partial charge is 0.218 e. The molecule has 0 saturated carbocycles. The Morgan fingerprint density at radius 2 is 2.14 bits per heavy atom. The number of H-pyrrole nitrogens is 1. The Kier molecular flexibility index (Phi) is 4.64. The number of hydrogen-bond acceptors (Lipinski definition) is 4. The fourth-order valence-corrected chi connectivity index (χ4v) is 3.33. The van der Waals surface area contributed by atoms with Crippen LogP contribution in [-0.4, -0.2) is 47.8 Å². The van der Waals surface area contributed by atoms with E-state index < -0.39 is 0 Å². The zero-order valence-corrected chi connectivity index (χ0v) is 13.7. The molecule has 120 valence electrons. The number of aromatic nitrogens is 2. The number of ether oxygens (including phenoxy) is 2. The molecule has 0 radical (unpaired) electrons. The fourth-order valence-electron chi connectivity index (χ4n) is 3.33. The van der Waals surface area contributed by atoms with Gasteiger partial charge in [0.15, 0.2) is 0 Å². The predicted molar refractivity (Wildman–Crippen MR) is 87.3 cm³/mol. The highest BCUT2D eigenvalue weighted by molar-refractivity contribution is 5.86. The third kappa shape index (κ3) is 2.96. The summed E-state index contributed by atoms with van der Waals surface area (Å²) in [7, 11) is 1.70. The molecule has 1 N–H and O–H groups in total. The normalized spacial score (nSPS) is 17.2. The maximum absolute atomic E-state index is 5.73. The molecule has 1 saturated heterocycles. The highest BCUT2D eigenvalue weighted by atomic mass is 16.5. The van der Waals surface area contributed by atoms with Gasteiger partial charge in [-0.2, -0.15) is 0 Å². The molecule has 22 heavy (non-hydrogen) atoms. The van der Waals surface area contributed by atoms with Crippen LogP contribution in [0.5, 0.6) is 5.88 Å². The van der Waals surface area contributed by atoms with Crippen LogP contribution >= 0.6 is 0 Å². The van der Waals surface area contributed by atoms with Gasteiger partial charge < -0.3 is 14.5 Å². The minimum absolute atomic E-state index is 0.423. The fraction of sp³-hybridized carbons (Fsp3) is 0.588. The van der Waals surface area contributed by atoms with Crippen molar-refractivity contribution >= 4 is 10.9 Å². The van der Waals surface area contributed by atoms with Crippen LogP contribution in [-0.2, 0) is 11.3 Å². The van der Waals surface area contributed by atoms with Crippen molar-refractivity contribution < 1.29 is 9.47 Å². The average molecular weight is 303 g/mol. The number of nitrogens with one attached hydrogen (secondary N) is 1. The van der Waals surface area contributed by atoms with Gasteiger partial charge in [-0.25, -0.2) is 4.98 Å². The van der Waals surface area contributed by atoms with Gasteiger partial charge >= 0.3 is 0 Å². The number of rotatable bonds is 5. The Morgan fingerprint density at radius 1 is 1.36 bits per heavy atom. The van der Waals surface area contributed by atoms with Gasteiger partial charge in [0.05, 0.1) is 24.4 Å². The van der Waals surface area contributed by atoms with E-state index in [4.69, 9.17) is 9.47 Å². The second kappa shape index (κ2) is 6.67. The summed E-state index contributed by atoms with van der Waals surface area (Å²) in [5.41, 5.74) is 3.27. The molecule has 3 rings (SSSR count). The van der Waals surface area contributed by atoms with E-state index in [0.29, 0.717) is 6.10 Å². The lowest BCUT2D eigenvalue weighted by Gasteiger charge is -2.32. The van der Waals surface area contributed by atoms with Crippen molar-refractivity contribution in [3.05, 3.63) is 23.5 Å². The van der Waals surface area contributed by atoms with E-state index in [0.717, 1.165) is 56.2 Å². The molecular formula is C17H25N3O2. The summed E-state index contributed by atoms with van der Waals surface area (Å²) in [5.74, 6) is 0.747. The van der Waals surface area contributed by atoms with Gasteiger partial charge in [0.25, 0.3) is 0 Å². The minimum Gasteiger partial charge on any atom is -0.481 e. The van der Waals surface area contributed by atoms with Crippen LogP contribution < -0.4 is 4.74 Å². The average Bonchev–Trinajstić information content (AvgIpc) is 3.02. The first-order valence-electron chi connectivity index (χ1n) is 8.07. The van der Waals surface area contributed by atoms with Gasteiger partial charge in [-0.05, 0) is 32.8 Å². The Balaban J connectivity index is 1.79. The minimum atomic E-state index is 0.423. The predicted octanol–water partition coefficient (Wildman–Crippen LogP) is 2.88. The molecule has 0 atom stereocenters. The number of fused-ring (bicyclic) bond motifs is 1. The van der Waals surface area contributed by atoms with Crippen LogP contribution in [0.3, 0.4) is 0 Å². The number of hydrogen-bond donors (Lipinski definition) is 1. The summed E-state index contributed by atoms with van der Waals surface area (Å²) in [6, 6.07) is 2.12. The van der Waals surface area contributed by atoms with Gasteiger partial charge in [0, 0.05) is 43.4 Å². The van der Waals surface area contributed by atoms with Crippen LogP contribution in [0.1, 0.15) is 31.0 Å². The van der Waals surface area contributed by atoms with Crippen molar-refractivity contribution in [3.8, 4) is 5.88 Å². The summed E-state index contributed by atoms with van der Waals surface area (Å²) in [4.78, 5) is 10.4. The van der Waals surface area contributed by atoms with Crippen molar-refractivity contribution in [1.29, 1.82) is 0 Å². The lowest BCUT2D eigenvalue weighted by Crippen LogP contribution is -2.36. The van der Waals surface area contributed by atoms with Crippen LogP contribution in [0, 0.1) is 6.92 Å². The van der Waals surface area contributed by atoms with Crippen LogP contribution in [0.4, 0.5) is 0 Å². The van der Waals surface area contributed by atoms with Gasteiger partial charge in [0.2, 0.25) is 5.88 Å². The molecule has 0 amide bonds. The topological polar surface area (TPSA) is 50.4 Å². The standard InChI is InChI=1S/C17H25N3O2/c1-4-22-13-6-9-20(10-7-13)11-15-14-5-8-18-16(14)12(2)19-17(15)21-3/h5,8,13,18H,4,6-7,9-11H2,1-3H3. The molecule has 2 aromatic rings. The van der Waals surface area contributed by atoms with Gasteiger partial charge in [0.1, 0.15) is 0 Å². The van der Waals surface area contributed by atoms with E-state index in [2.05, 4.69) is 27.9 Å². The molecule has 2 aromatic heterocycles. The van der Waals surface area contributed by atoms with E-state index in [9.17, 15) is 0 Å². The quantitative estimate of drug-likeness (QED) is 0.923. The maximum atomic E-state index is 5.73. The number of aromatic amines is 1. The summed E-state index contributed by atoms with van der Waals surface area (Å²) < 4.78 is 11.3. The third-order valence-corrected chi connectivity index (χ3v) is 4.47. The maximum Gasteiger partial charge on any atom is 0.218 e. The van der Waals surface area contributed by atoms with E-state index in [1.54, 1.807) is 7.11 Å². The lowest BCUT2D eigenvalue weighted by molar-refractivity contribution is 0.0124. The summed E-state index contributed by atoms with van der Waals surface area (Å²) in [6.07, 6.45) is 4.60.